The van der Waals surface area contributed by atoms with E-state index in [1.165, 1.54) is 13.2 Å². The van der Waals surface area contributed by atoms with E-state index in [0.29, 0.717) is 0 Å². The third kappa shape index (κ3) is 3.03. The number of H-pyrrole nitrogens is 1. The minimum atomic E-state index is -1.31. The molecule has 8 nitrogen and oxygen atoms in total. The van der Waals surface area contributed by atoms with Crippen LogP contribution in [0.4, 0.5) is 0 Å². The van der Waals surface area contributed by atoms with Gasteiger partial charge in [0, 0.05) is 6.07 Å². The Morgan fingerprint density at radius 1 is 1.59 bits per heavy atom. The molecule has 92 valence electrons. The Kier molecular flexibility index (Phi) is 4.21. The van der Waals surface area contributed by atoms with Gasteiger partial charge in [-0.05, 0) is 6.92 Å². The first kappa shape index (κ1) is 12.7. The molecule has 0 aromatic carbocycles. The molecule has 2 N–H and O–H groups in total. The molecule has 17 heavy (non-hydrogen) atoms. The van der Waals surface area contributed by atoms with Gasteiger partial charge in [0.2, 0.25) is 5.71 Å². The van der Waals surface area contributed by atoms with E-state index in [0.717, 1.165) is 0 Å². The average Bonchev–Trinajstić information content (AvgIpc) is 2.74. The van der Waals surface area contributed by atoms with Gasteiger partial charge in [-0.2, -0.15) is 5.10 Å². The molecule has 0 unspecified atom stereocenters. The normalized spacial score (nSPS) is 11.1. The van der Waals surface area contributed by atoms with E-state index >= 15 is 0 Å². The highest BCUT2D eigenvalue weighted by molar-refractivity contribution is 6.41. The summed E-state index contributed by atoms with van der Waals surface area (Å²) in [6.45, 7) is 1.87. The lowest BCUT2D eigenvalue weighted by Crippen LogP contribution is -2.15. The molecule has 0 fully saturated rings. The second-order valence-corrected chi connectivity index (χ2v) is 2.81. The maximum absolute atomic E-state index is 11.3. The number of aliphatic carboxylic acids is 1. The Morgan fingerprint density at radius 3 is 2.82 bits per heavy atom. The molecule has 0 saturated carbocycles. The Morgan fingerprint density at radius 2 is 2.29 bits per heavy atom. The standard InChI is InChI=1S/C9H11N3O5/c1-3-17-9(15)6-4-5(10-11-6)7(8(13)14)12-16-2/h4H,3H2,1-2H3,(H,10,11)(H,13,14). The minimum absolute atomic E-state index is 0.0117. The van der Waals surface area contributed by atoms with Gasteiger partial charge in [-0.1, -0.05) is 5.16 Å². The fourth-order valence-corrected chi connectivity index (χ4v) is 1.04. The second-order valence-electron chi connectivity index (χ2n) is 2.81. The number of carbonyl (C=O) groups excluding carboxylic acids is 1. The quantitative estimate of drug-likeness (QED) is 0.426. The van der Waals surface area contributed by atoms with Crippen LogP contribution in [0.5, 0.6) is 0 Å². The predicted molar refractivity (Wildman–Crippen MR) is 55.7 cm³/mol. The molecular formula is C9H11N3O5. The van der Waals surface area contributed by atoms with Crippen molar-refractivity contribution in [3.63, 3.8) is 0 Å². The van der Waals surface area contributed by atoms with Crippen molar-refractivity contribution in [2.24, 2.45) is 5.16 Å². The fourth-order valence-electron chi connectivity index (χ4n) is 1.04. The van der Waals surface area contributed by atoms with Crippen LogP contribution in [0.1, 0.15) is 23.1 Å². The number of oxime groups is 1. The zero-order valence-electron chi connectivity index (χ0n) is 9.26. The monoisotopic (exact) mass is 241 g/mol. The number of carboxylic acid groups (broad SMARTS) is 1. The number of carbonyl (C=O) groups is 2. The van der Waals surface area contributed by atoms with Crippen molar-refractivity contribution in [3.8, 4) is 0 Å². The smallest absolute Gasteiger partial charge is 0.360 e. The minimum Gasteiger partial charge on any atom is -0.476 e. The molecule has 1 rings (SSSR count). The maximum Gasteiger partial charge on any atom is 0.360 e. The molecule has 1 aromatic heterocycles. The van der Waals surface area contributed by atoms with Crippen molar-refractivity contribution in [2.45, 2.75) is 6.92 Å². The molecule has 0 radical (unpaired) electrons. The highest BCUT2D eigenvalue weighted by Crippen LogP contribution is 2.04. The van der Waals surface area contributed by atoms with Gasteiger partial charge in [0.1, 0.15) is 18.5 Å². The van der Waals surface area contributed by atoms with Gasteiger partial charge >= 0.3 is 11.9 Å². The Balaban J connectivity index is 2.97. The molecule has 0 aliphatic carbocycles. The molecule has 0 spiro atoms. The van der Waals surface area contributed by atoms with E-state index < -0.39 is 17.7 Å². The molecule has 0 amide bonds. The number of nitrogens with zero attached hydrogens (tertiary/aromatic N) is 2. The van der Waals surface area contributed by atoms with Crippen molar-refractivity contribution in [3.05, 3.63) is 17.5 Å². The number of carboxylic acids is 1. The number of hydrogen-bond donors (Lipinski definition) is 2. The van der Waals surface area contributed by atoms with Gasteiger partial charge in [-0.3, -0.25) is 5.10 Å². The van der Waals surface area contributed by atoms with Gasteiger partial charge in [-0.15, -0.1) is 0 Å². The third-order valence-corrected chi connectivity index (χ3v) is 1.70. The van der Waals surface area contributed by atoms with Crippen LogP contribution in [0.3, 0.4) is 0 Å². The van der Waals surface area contributed by atoms with Crippen molar-refractivity contribution in [1.82, 2.24) is 10.2 Å². The first-order valence-electron chi connectivity index (χ1n) is 4.67. The van der Waals surface area contributed by atoms with Crippen LogP contribution in [0.25, 0.3) is 0 Å². The summed E-state index contributed by atoms with van der Waals surface area (Å²) in [5.74, 6) is -1.93. The lowest BCUT2D eigenvalue weighted by atomic mass is 10.2. The van der Waals surface area contributed by atoms with Crippen LogP contribution in [0, 0.1) is 0 Å². The molecule has 8 heteroatoms. The highest BCUT2D eigenvalue weighted by atomic mass is 16.6. The van der Waals surface area contributed by atoms with E-state index in [1.807, 2.05) is 0 Å². The Hall–Kier alpha value is -2.38. The van der Waals surface area contributed by atoms with E-state index in [1.54, 1.807) is 6.92 Å². The molecule has 0 aliphatic heterocycles. The molecule has 0 saturated heterocycles. The van der Waals surface area contributed by atoms with Crippen LogP contribution in [-0.4, -0.2) is 46.7 Å². The lowest BCUT2D eigenvalue weighted by molar-refractivity contribution is -0.129. The highest BCUT2D eigenvalue weighted by Gasteiger charge is 2.19. The zero-order valence-corrected chi connectivity index (χ0v) is 9.26. The third-order valence-electron chi connectivity index (χ3n) is 1.70. The van der Waals surface area contributed by atoms with Crippen molar-refractivity contribution >= 4 is 17.7 Å². The van der Waals surface area contributed by atoms with E-state index in [9.17, 15) is 9.59 Å². The van der Waals surface area contributed by atoms with Gasteiger partial charge in [-0.25, -0.2) is 9.59 Å². The Bertz CT molecular complexity index is 451. The van der Waals surface area contributed by atoms with Gasteiger partial charge < -0.3 is 14.7 Å². The fraction of sp³-hybridized carbons (Fsp3) is 0.333. The molecule has 0 aliphatic rings. The largest absolute Gasteiger partial charge is 0.476 e. The van der Waals surface area contributed by atoms with E-state index in [4.69, 9.17) is 9.84 Å². The van der Waals surface area contributed by atoms with Crippen LogP contribution in [0.15, 0.2) is 11.2 Å². The topological polar surface area (TPSA) is 114 Å². The van der Waals surface area contributed by atoms with Crippen LogP contribution < -0.4 is 0 Å². The lowest BCUT2D eigenvalue weighted by Gasteiger charge is -1.96. The molecular weight excluding hydrogens is 230 g/mol. The van der Waals surface area contributed by atoms with Gasteiger partial charge in [0.15, 0.2) is 0 Å². The summed E-state index contributed by atoms with van der Waals surface area (Å²) in [7, 11) is 1.21. The summed E-state index contributed by atoms with van der Waals surface area (Å²) in [4.78, 5) is 26.5. The van der Waals surface area contributed by atoms with Crippen molar-refractivity contribution in [1.29, 1.82) is 0 Å². The maximum atomic E-state index is 11.3. The van der Waals surface area contributed by atoms with E-state index in [2.05, 4.69) is 20.2 Å². The van der Waals surface area contributed by atoms with E-state index in [-0.39, 0.29) is 18.0 Å². The first-order valence-corrected chi connectivity index (χ1v) is 4.67. The second kappa shape index (κ2) is 5.64. The van der Waals surface area contributed by atoms with Crippen molar-refractivity contribution < 1.29 is 24.3 Å². The van der Waals surface area contributed by atoms with Gasteiger partial charge in [0.05, 0.1) is 6.61 Å². The number of nitrogens with one attached hydrogen (secondary N) is 1. The number of hydrogen-bond acceptors (Lipinski definition) is 6. The zero-order chi connectivity index (χ0) is 12.8. The Labute approximate surface area is 96.2 Å². The predicted octanol–water partition coefficient (Wildman–Crippen LogP) is 0.0215. The van der Waals surface area contributed by atoms with Crippen LogP contribution >= 0.6 is 0 Å². The summed E-state index contributed by atoms with van der Waals surface area (Å²) < 4.78 is 4.71. The number of ether oxygens (including phenoxy) is 1. The number of esters is 1. The number of aromatic nitrogens is 2. The van der Waals surface area contributed by atoms with Crippen molar-refractivity contribution in [2.75, 3.05) is 13.7 Å². The number of aromatic amines is 1. The van der Waals surface area contributed by atoms with Crippen LogP contribution in [-0.2, 0) is 14.4 Å². The van der Waals surface area contributed by atoms with Gasteiger partial charge in [0.25, 0.3) is 0 Å². The molecule has 1 aromatic rings. The summed E-state index contributed by atoms with van der Waals surface area (Å²) in [5.41, 5.74) is -0.367. The summed E-state index contributed by atoms with van der Waals surface area (Å²) >= 11 is 0. The molecule has 0 bridgehead atoms. The summed E-state index contributed by atoms with van der Waals surface area (Å²) in [5, 5.41) is 18.1. The summed E-state index contributed by atoms with van der Waals surface area (Å²) in [6, 6.07) is 1.23. The average molecular weight is 241 g/mol. The first-order chi connectivity index (χ1) is 8.10. The molecule has 1 heterocycles. The SMILES string of the molecule is CCOC(=O)c1cc(C(=NOC)C(=O)O)n[nH]1. The number of rotatable bonds is 5. The molecule has 0 atom stereocenters. The van der Waals surface area contributed by atoms with Crippen LogP contribution in [0.2, 0.25) is 0 Å². The summed E-state index contributed by atoms with van der Waals surface area (Å²) in [6.07, 6.45) is 0.